The first-order chi connectivity index (χ1) is 8.22. The normalized spacial score (nSPS) is 21.6. The highest BCUT2D eigenvalue weighted by molar-refractivity contribution is 5.67. The fraction of sp³-hybridized carbons (Fsp3) is 0.917. The predicted octanol–water partition coefficient (Wildman–Crippen LogP) is 0.836. The van der Waals surface area contributed by atoms with Crippen LogP contribution < -0.4 is 0 Å². The Morgan fingerprint density at radius 3 is 2.94 bits per heavy atom. The minimum atomic E-state index is -0.687. The first-order valence-electron chi connectivity index (χ1n) is 6.23. The number of carbonyl (C=O) groups is 1. The van der Waals surface area contributed by atoms with Gasteiger partial charge in [-0.15, -0.1) is 0 Å². The smallest absolute Gasteiger partial charge is 0.303 e. The topological polar surface area (TPSA) is 59.0 Å². The number of hydrogen-bond donors (Lipinski definition) is 1. The minimum absolute atomic E-state index is 0.293. The lowest BCUT2D eigenvalue weighted by Crippen LogP contribution is -2.38. The number of likely N-dealkylation sites (tertiary alicyclic amines) is 1. The van der Waals surface area contributed by atoms with Crippen molar-refractivity contribution in [3.63, 3.8) is 0 Å². The Morgan fingerprint density at radius 1 is 1.41 bits per heavy atom. The molecular formula is C12H23NO4. The number of aliphatic carboxylic acids is 1. The molecule has 1 N–H and O–H groups in total. The van der Waals surface area contributed by atoms with Gasteiger partial charge >= 0.3 is 5.97 Å². The van der Waals surface area contributed by atoms with E-state index < -0.39 is 5.97 Å². The fourth-order valence-electron chi connectivity index (χ4n) is 2.21. The van der Waals surface area contributed by atoms with Crippen LogP contribution in [0.4, 0.5) is 0 Å². The van der Waals surface area contributed by atoms with Crippen molar-refractivity contribution < 1.29 is 19.4 Å². The second kappa shape index (κ2) is 8.44. The maximum atomic E-state index is 10.6. The third-order valence-corrected chi connectivity index (χ3v) is 3.05. The molecule has 1 unspecified atom stereocenters. The first-order valence-corrected chi connectivity index (χ1v) is 6.23. The molecule has 0 aliphatic carbocycles. The van der Waals surface area contributed by atoms with Crippen LogP contribution in [0.1, 0.15) is 19.3 Å². The number of methoxy groups -OCH3 is 1. The number of carboxylic acids is 1. The predicted molar refractivity (Wildman–Crippen MR) is 64.1 cm³/mol. The molecule has 1 rings (SSSR count). The summed E-state index contributed by atoms with van der Waals surface area (Å²) in [6, 6.07) is 0. The van der Waals surface area contributed by atoms with Gasteiger partial charge in [-0.25, -0.2) is 0 Å². The van der Waals surface area contributed by atoms with Crippen LogP contribution in [-0.2, 0) is 14.3 Å². The van der Waals surface area contributed by atoms with Crippen LogP contribution in [0.5, 0.6) is 0 Å². The van der Waals surface area contributed by atoms with Crippen molar-refractivity contribution in [2.75, 3.05) is 46.6 Å². The number of ether oxygens (including phenoxy) is 2. The van der Waals surface area contributed by atoms with Gasteiger partial charge in [0.25, 0.3) is 0 Å². The summed E-state index contributed by atoms with van der Waals surface area (Å²) in [6.07, 6.45) is 2.42. The Balaban J connectivity index is 2.09. The third-order valence-electron chi connectivity index (χ3n) is 3.05. The lowest BCUT2D eigenvalue weighted by molar-refractivity contribution is -0.138. The highest BCUT2D eigenvalue weighted by Gasteiger charge is 2.21. The minimum Gasteiger partial charge on any atom is -0.481 e. The molecule has 1 atom stereocenters. The second-order valence-corrected chi connectivity index (χ2v) is 4.51. The standard InChI is InChI=1S/C12H23NO4/c1-16-7-8-17-6-5-13-4-2-3-11(10-13)9-12(14)15/h11H,2-10H2,1H3,(H,14,15). The molecule has 0 aromatic rings. The molecule has 17 heavy (non-hydrogen) atoms. The lowest BCUT2D eigenvalue weighted by atomic mass is 9.95. The number of piperidine rings is 1. The highest BCUT2D eigenvalue weighted by atomic mass is 16.5. The Hall–Kier alpha value is -0.650. The van der Waals surface area contributed by atoms with Gasteiger partial charge in [0.15, 0.2) is 0 Å². The molecule has 1 fully saturated rings. The van der Waals surface area contributed by atoms with E-state index in [1.165, 1.54) is 0 Å². The molecular weight excluding hydrogens is 222 g/mol. The Kier molecular flexibility index (Phi) is 7.16. The number of rotatable bonds is 8. The van der Waals surface area contributed by atoms with E-state index in [1.807, 2.05) is 0 Å². The van der Waals surface area contributed by atoms with Crippen LogP contribution >= 0.6 is 0 Å². The molecule has 0 spiro atoms. The summed E-state index contributed by atoms with van der Waals surface area (Å²) < 4.78 is 10.3. The second-order valence-electron chi connectivity index (χ2n) is 4.51. The van der Waals surface area contributed by atoms with Gasteiger partial charge in [-0.2, -0.15) is 0 Å². The van der Waals surface area contributed by atoms with Crippen LogP contribution in [-0.4, -0.2) is 62.5 Å². The molecule has 0 saturated carbocycles. The SMILES string of the molecule is COCCOCCN1CCCC(CC(=O)O)C1. The zero-order valence-electron chi connectivity index (χ0n) is 10.6. The first kappa shape index (κ1) is 14.4. The average molecular weight is 245 g/mol. The van der Waals surface area contributed by atoms with Gasteiger partial charge in [-0.05, 0) is 25.3 Å². The van der Waals surface area contributed by atoms with Crippen LogP contribution in [0.2, 0.25) is 0 Å². The Labute approximate surface area is 103 Å². The summed E-state index contributed by atoms with van der Waals surface area (Å²) in [5.41, 5.74) is 0. The molecule has 1 saturated heterocycles. The van der Waals surface area contributed by atoms with Gasteiger partial charge in [0, 0.05) is 26.6 Å². The Bertz CT molecular complexity index is 223. The van der Waals surface area contributed by atoms with E-state index >= 15 is 0 Å². The van der Waals surface area contributed by atoms with E-state index in [-0.39, 0.29) is 0 Å². The van der Waals surface area contributed by atoms with E-state index in [2.05, 4.69) is 4.90 Å². The summed E-state index contributed by atoms with van der Waals surface area (Å²) >= 11 is 0. The average Bonchev–Trinajstić information content (AvgIpc) is 2.28. The summed E-state index contributed by atoms with van der Waals surface area (Å²) in [5, 5.41) is 8.77. The van der Waals surface area contributed by atoms with Crippen molar-refractivity contribution in [2.45, 2.75) is 19.3 Å². The number of carboxylic acid groups (broad SMARTS) is 1. The molecule has 100 valence electrons. The molecule has 1 aliphatic rings. The van der Waals surface area contributed by atoms with Crippen LogP contribution in [0.3, 0.4) is 0 Å². The number of hydrogen-bond acceptors (Lipinski definition) is 4. The molecule has 0 bridgehead atoms. The van der Waals surface area contributed by atoms with Crippen molar-refractivity contribution in [3.8, 4) is 0 Å². The van der Waals surface area contributed by atoms with E-state index in [9.17, 15) is 4.79 Å². The molecule has 5 heteroatoms. The number of nitrogens with zero attached hydrogens (tertiary/aromatic N) is 1. The van der Waals surface area contributed by atoms with Gasteiger partial charge < -0.3 is 19.5 Å². The zero-order chi connectivity index (χ0) is 12.5. The van der Waals surface area contributed by atoms with E-state index in [4.69, 9.17) is 14.6 Å². The van der Waals surface area contributed by atoms with Crippen molar-refractivity contribution in [3.05, 3.63) is 0 Å². The van der Waals surface area contributed by atoms with Crippen LogP contribution in [0.25, 0.3) is 0 Å². The molecule has 1 heterocycles. The van der Waals surface area contributed by atoms with Crippen molar-refractivity contribution in [1.82, 2.24) is 4.90 Å². The maximum Gasteiger partial charge on any atom is 0.303 e. The van der Waals surface area contributed by atoms with Crippen molar-refractivity contribution in [1.29, 1.82) is 0 Å². The van der Waals surface area contributed by atoms with Gasteiger partial charge in [0.05, 0.1) is 19.8 Å². The van der Waals surface area contributed by atoms with Gasteiger partial charge in [-0.1, -0.05) is 0 Å². The van der Waals surface area contributed by atoms with E-state index in [0.717, 1.165) is 32.5 Å². The highest BCUT2D eigenvalue weighted by Crippen LogP contribution is 2.19. The summed E-state index contributed by atoms with van der Waals surface area (Å²) in [4.78, 5) is 12.9. The largest absolute Gasteiger partial charge is 0.481 e. The summed E-state index contributed by atoms with van der Waals surface area (Å²) in [6.45, 7) is 4.79. The summed E-state index contributed by atoms with van der Waals surface area (Å²) in [7, 11) is 1.66. The maximum absolute atomic E-state index is 10.6. The molecule has 0 aromatic heterocycles. The summed E-state index contributed by atoms with van der Waals surface area (Å²) in [5.74, 6) is -0.381. The zero-order valence-corrected chi connectivity index (χ0v) is 10.6. The van der Waals surface area contributed by atoms with E-state index in [1.54, 1.807) is 7.11 Å². The van der Waals surface area contributed by atoms with Crippen molar-refractivity contribution in [2.24, 2.45) is 5.92 Å². The molecule has 0 radical (unpaired) electrons. The molecule has 0 aromatic carbocycles. The van der Waals surface area contributed by atoms with Gasteiger partial charge in [0.2, 0.25) is 0 Å². The molecule has 1 aliphatic heterocycles. The van der Waals surface area contributed by atoms with Crippen molar-refractivity contribution >= 4 is 5.97 Å². The lowest BCUT2D eigenvalue weighted by Gasteiger charge is -2.31. The van der Waals surface area contributed by atoms with Crippen LogP contribution in [0, 0.1) is 5.92 Å². The molecule has 0 amide bonds. The Morgan fingerprint density at radius 2 is 2.24 bits per heavy atom. The van der Waals surface area contributed by atoms with Crippen LogP contribution in [0.15, 0.2) is 0 Å². The van der Waals surface area contributed by atoms with Gasteiger partial charge in [-0.3, -0.25) is 4.79 Å². The van der Waals surface area contributed by atoms with Gasteiger partial charge in [0.1, 0.15) is 0 Å². The third kappa shape index (κ3) is 6.61. The fourth-order valence-corrected chi connectivity index (χ4v) is 2.21. The monoisotopic (exact) mass is 245 g/mol. The van der Waals surface area contributed by atoms with E-state index in [0.29, 0.717) is 32.2 Å². The molecule has 5 nitrogen and oxygen atoms in total. The quantitative estimate of drug-likeness (QED) is 0.642.